The first-order valence-electron chi connectivity index (χ1n) is 10.1. The minimum absolute atomic E-state index is 0.243. The van der Waals surface area contributed by atoms with Gasteiger partial charge in [-0.25, -0.2) is 4.79 Å². The Morgan fingerprint density at radius 3 is 1.82 bits per heavy atom. The van der Waals surface area contributed by atoms with Gasteiger partial charge < -0.3 is 9.47 Å². The third-order valence-corrected chi connectivity index (χ3v) is 4.60. The van der Waals surface area contributed by atoms with E-state index in [1.54, 1.807) is 0 Å². The zero-order valence-corrected chi connectivity index (χ0v) is 19.4. The number of amides is 1. The molecule has 172 valence electrons. The van der Waals surface area contributed by atoms with Crippen LogP contribution in [-0.4, -0.2) is 15.9 Å². The summed E-state index contributed by atoms with van der Waals surface area (Å²) in [6, 6.07) is 27.5. The molecule has 0 aliphatic rings. The van der Waals surface area contributed by atoms with E-state index in [4.69, 9.17) is 23.8 Å². The van der Waals surface area contributed by atoms with Crippen LogP contribution in [0.25, 0.3) is 5.57 Å². The molecule has 0 aliphatic heterocycles. The van der Waals surface area contributed by atoms with Crippen molar-refractivity contribution < 1.29 is 28.6 Å². The molecule has 1 amide bonds. The minimum atomic E-state index is -2.87. The van der Waals surface area contributed by atoms with Gasteiger partial charge in [0.1, 0.15) is 19.0 Å². The third-order valence-electron chi connectivity index (χ3n) is 4.60. The third kappa shape index (κ3) is 10.1. The number of rotatable bonds is 7. The second-order valence-electron chi connectivity index (χ2n) is 6.99. The average molecular weight is 468 g/mol. The van der Waals surface area contributed by atoms with E-state index in [0.717, 1.165) is 33.7 Å². The molecule has 0 aromatic heterocycles. The highest BCUT2D eigenvalue weighted by molar-refractivity contribution is 7.30. The number of hydrogen-bond acceptors (Lipinski definition) is 4. The topological polar surface area (TPSA) is 105 Å². The van der Waals surface area contributed by atoms with Crippen LogP contribution in [0, 0.1) is 0 Å². The van der Waals surface area contributed by atoms with E-state index in [0.29, 0.717) is 6.61 Å². The number of ether oxygens (including phenoxy) is 2. The monoisotopic (exact) mass is 468 g/mol. The van der Waals surface area contributed by atoms with Gasteiger partial charge in [-0.2, -0.15) is 0 Å². The van der Waals surface area contributed by atoms with Crippen molar-refractivity contribution in [2.24, 2.45) is 0 Å². The van der Waals surface area contributed by atoms with Gasteiger partial charge in [0, 0.05) is 10.3 Å². The summed E-state index contributed by atoms with van der Waals surface area (Å²) in [6.07, 6.45) is -0.464. The SMILES string of the molecule is CC(NC(=O)OCc1ccccc1)=C(C)c1ccc(OCc2ccccc2)cc1.O=[P+](O)O. The zero-order chi connectivity index (χ0) is 24.1. The van der Waals surface area contributed by atoms with Crippen molar-refractivity contribution >= 4 is 19.9 Å². The van der Waals surface area contributed by atoms with Crippen molar-refractivity contribution in [3.63, 3.8) is 0 Å². The number of alkyl carbamates (subject to hydrolysis) is 1. The largest absolute Gasteiger partial charge is 0.692 e. The summed E-state index contributed by atoms with van der Waals surface area (Å²) < 4.78 is 19.8. The first-order valence-corrected chi connectivity index (χ1v) is 11.3. The number of allylic oxidation sites excluding steroid dienone is 2. The van der Waals surface area contributed by atoms with Gasteiger partial charge in [0.25, 0.3) is 0 Å². The zero-order valence-electron chi connectivity index (χ0n) is 18.5. The van der Waals surface area contributed by atoms with Crippen molar-refractivity contribution in [2.75, 3.05) is 0 Å². The fourth-order valence-electron chi connectivity index (χ4n) is 2.76. The molecule has 0 atom stereocenters. The van der Waals surface area contributed by atoms with Crippen LogP contribution in [0.1, 0.15) is 30.5 Å². The maximum atomic E-state index is 12.0. The molecule has 0 heterocycles. The van der Waals surface area contributed by atoms with Gasteiger partial charge in [-0.05, 0) is 48.2 Å². The van der Waals surface area contributed by atoms with Gasteiger partial charge >= 0.3 is 14.3 Å². The van der Waals surface area contributed by atoms with E-state index in [1.807, 2.05) is 98.8 Å². The van der Waals surface area contributed by atoms with Crippen LogP contribution in [0.3, 0.4) is 0 Å². The van der Waals surface area contributed by atoms with Gasteiger partial charge in [-0.1, -0.05) is 72.8 Å². The Hall–Kier alpha value is -3.51. The first kappa shape index (κ1) is 25.7. The quantitative estimate of drug-likeness (QED) is 0.392. The van der Waals surface area contributed by atoms with Crippen LogP contribution in [0.4, 0.5) is 4.79 Å². The predicted molar refractivity (Wildman–Crippen MR) is 127 cm³/mol. The van der Waals surface area contributed by atoms with Crippen molar-refractivity contribution in [2.45, 2.75) is 27.1 Å². The summed E-state index contributed by atoms with van der Waals surface area (Å²) in [4.78, 5) is 26.3. The van der Waals surface area contributed by atoms with E-state index in [-0.39, 0.29) is 6.61 Å². The molecule has 3 N–H and O–H groups in total. The molecular formula is C25H27NO6P+. The van der Waals surface area contributed by atoms with Gasteiger partial charge in [-0.3, -0.25) is 5.32 Å². The van der Waals surface area contributed by atoms with E-state index in [1.165, 1.54) is 0 Å². The smallest absolute Gasteiger partial charge is 0.489 e. The molecule has 33 heavy (non-hydrogen) atoms. The summed E-state index contributed by atoms with van der Waals surface area (Å²) in [6.45, 7) is 4.60. The number of benzene rings is 3. The molecule has 3 aromatic rings. The Kier molecular flexibility index (Phi) is 10.8. The van der Waals surface area contributed by atoms with Crippen molar-refractivity contribution in [3.8, 4) is 5.75 Å². The molecular weight excluding hydrogens is 441 g/mol. The number of carbonyl (C=O) groups is 1. The predicted octanol–water partition coefficient (Wildman–Crippen LogP) is 5.57. The van der Waals surface area contributed by atoms with E-state index in [2.05, 4.69) is 5.32 Å². The van der Waals surface area contributed by atoms with Gasteiger partial charge in [-0.15, -0.1) is 9.79 Å². The summed E-state index contributed by atoms with van der Waals surface area (Å²) in [5.74, 6) is 0.804. The average Bonchev–Trinajstić information content (AvgIpc) is 2.82. The summed E-state index contributed by atoms with van der Waals surface area (Å²) in [5.41, 5.74) is 4.81. The highest BCUT2D eigenvalue weighted by Gasteiger charge is 2.07. The van der Waals surface area contributed by atoms with E-state index in [9.17, 15) is 4.79 Å². The molecule has 0 bridgehead atoms. The fraction of sp³-hybridized carbons (Fsp3) is 0.160. The molecule has 0 saturated carbocycles. The summed E-state index contributed by atoms with van der Waals surface area (Å²) >= 11 is 0. The lowest BCUT2D eigenvalue weighted by Gasteiger charge is -2.12. The molecule has 3 aromatic carbocycles. The summed E-state index contributed by atoms with van der Waals surface area (Å²) in [5, 5.41) is 2.80. The van der Waals surface area contributed by atoms with Gasteiger partial charge in [0.2, 0.25) is 0 Å². The van der Waals surface area contributed by atoms with Gasteiger partial charge in [0.05, 0.1) is 0 Å². The second-order valence-corrected chi connectivity index (χ2v) is 7.49. The maximum Gasteiger partial charge on any atom is 0.692 e. The molecule has 0 saturated heterocycles. The van der Waals surface area contributed by atoms with Crippen LogP contribution in [-0.2, 0) is 22.5 Å². The van der Waals surface area contributed by atoms with E-state index >= 15 is 0 Å². The molecule has 8 heteroatoms. The Morgan fingerprint density at radius 1 is 0.818 bits per heavy atom. The summed E-state index contributed by atoms with van der Waals surface area (Å²) in [7, 11) is -2.87. The Morgan fingerprint density at radius 2 is 1.30 bits per heavy atom. The van der Waals surface area contributed by atoms with Crippen molar-refractivity contribution in [1.82, 2.24) is 5.32 Å². The van der Waals surface area contributed by atoms with Crippen LogP contribution in [0.15, 0.2) is 90.6 Å². The van der Waals surface area contributed by atoms with Crippen LogP contribution in [0.2, 0.25) is 0 Å². The molecule has 0 spiro atoms. The van der Waals surface area contributed by atoms with Crippen LogP contribution in [0.5, 0.6) is 5.75 Å². The maximum absolute atomic E-state index is 12.0. The van der Waals surface area contributed by atoms with Crippen LogP contribution >= 0.6 is 8.25 Å². The minimum Gasteiger partial charge on any atom is -0.489 e. The Labute approximate surface area is 194 Å². The Bertz CT molecular complexity index is 1050. The Balaban J connectivity index is 0.000000890. The van der Waals surface area contributed by atoms with Crippen molar-refractivity contribution in [1.29, 1.82) is 0 Å². The first-order chi connectivity index (χ1) is 15.8. The van der Waals surface area contributed by atoms with Crippen LogP contribution < -0.4 is 10.1 Å². The molecule has 0 fully saturated rings. The molecule has 3 rings (SSSR count). The number of nitrogens with one attached hydrogen (secondary N) is 1. The van der Waals surface area contributed by atoms with Gasteiger partial charge in [0.15, 0.2) is 0 Å². The fourth-order valence-corrected chi connectivity index (χ4v) is 2.76. The molecule has 7 nitrogen and oxygen atoms in total. The second kappa shape index (κ2) is 13.8. The number of hydrogen-bond donors (Lipinski definition) is 3. The highest BCUT2D eigenvalue weighted by Crippen LogP contribution is 2.21. The molecule has 0 unspecified atom stereocenters. The standard InChI is InChI=1S/C25H25NO3.HO3P/c1-19(20(2)26-25(27)29-18-22-11-7-4-8-12-22)23-13-15-24(16-14-23)28-17-21-9-5-3-6-10-21;1-4(2)3/h3-16H,17-18H2,1-2H3,(H,26,27);(H-,1,2,3)/p+1. The lowest BCUT2D eigenvalue weighted by molar-refractivity contribution is 0.142. The lowest BCUT2D eigenvalue weighted by Crippen LogP contribution is -2.23. The lowest BCUT2D eigenvalue weighted by atomic mass is 10.1. The molecule has 0 radical (unpaired) electrons. The molecule has 0 aliphatic carbocycles. The normalized spacial score (nSPS) is 10.8. The highest BCUT2D eigenvalue weighted by atomic mass is 31.1. The van der Waals surface area contributed by atoms with Crippen molar-refractivity contribution in [3.05, 3.63) is 107 Å². The van der Waals surface area contributed by atoms with E-state index < -0.39 is 14.3 Å². The number of carbonyl (C=O) groups excluding carboxylic acids is 1.